The number of rotatable bonds is 5. The highest BCUT2D eigenvalue weighted by Gasteiger charge is 2.26. The zero-order valence-electron chi connectivity index (χ0n) is 16.4. The number of aryl methyl sites for hydroxylation is 2. The molecule has 1 aromatic carbocycles. The van der Waals surface area contributed by atoms with Crippen molar-refractivity contribution in [2.45, 2.75) is 18.7 Å². The van der Waals surface area contributed by atoms with E-state index in [0.29, 0.717) is 41.7 Å². The monoisotopic (exact) mass is 448 g/mol. The Labute approximate surface area is 177 Å². The number of sulfonamides is 1. The Morgan fingerprint density at radius 2 is 1.87 bits per heavy atom. The van der Waals surface area contributed by atoms with Gasteiger partial charge < -0.3 is 14.2 Å². The predicted octanol–water partition coefficient (Wildman–Crippen LogP) is 2.69. The van der Waals surface area contributed by atoms with E-state index in [1.54, 1.807) is 24.0 Å². The number of ether oxygens (including phenoxy) is 1. The quantitative estimate of drug-likeness (QED) is 0.638. The Morgan fingerprint density at radius 3 is 2.57 bits per heavy atom. The fourth-order valence-corrected chi connectivity index (χ4v) is 5.56. The lowest BCUT2D eigenvalue weighted by Crippen LogP contribution is -2.40. The van der Waals surface area contributed by atoms with E-state index in [2.05, 4.69) is 14.9 Å². The average molecular weight is 449 g/mol. The van der Waals surface area contributed by atoms with Crippen molar-refractivity contribution in [2.24, 2.45) is 0 Å². The van der Waals surface area contributed by atoms with Crippen molar-refractivity contribution in [2.75, 3.05) is 31.0 Å². The number of carbonyl (C=O) groups is 1. The number of nitrogens with one attached hydrogen (secondary N) is 1. The van der Waals surface area contributed by atoms with E-state index in [9.17, 15) is 13.2 Å². The number of carbonyl (C=O) groups excluding carboxylic acids is 1. The zero-order chi connectivity index (χ0) is 21.3. The van der Waals surface area contributed by atoms with E-state index >= 15 is 0 Å². The van der Waals surface area contributed by atoms with Crippen LogP contribution >= 0.6 is 11.3 Å². The molecule has 30 heavy (non-hydrogen) atoms. The summed E-state index contributed by atoms with van der Waals surface area (Å²) in [6.45, 7) is 5.48. The van der Waals surface area contributed by atoms with Crippen LogP contribution in [0.4, 0.5) is 5.69 Å². The van der Waals surface area contributed by atoms with Gasteiger partial charge in [0.1, 0.15) is 4.90 Å². The Bertz CT molecular complexity index is 1160. The van der Waals surface area contributed by atoms with Crippen LogP contribution in [0.1, 0.15) is 21.1 Å². The van der Waals surface area contributed by atoms with Crippen molar-refractivity contribution >= 4 is 33.0 Å². The minimum Gasteiger partial charge on any atom is -0.378 e. The standard InChI is InChI=1S/C19H20N4O5S2/c1-12-3-5-14(6-4-12)22-30(25,26)16-11-15(29-13(16)2)17-20-18(28-21-17)19(24)23-7-9-27-10-8-23/h3-6,11,22H,7-10H2,1-2H3. The molecule has 0 saturated carbocycles. The summed E-state index contributed by atoms with van der Waals surface area (Å²) < 4.78 is 38.6. The minimum atomic E-state index is -3.79. The Balaban J connectivity index is 1.56. The summed E-state index contributed by atoms with van der Waals surface area (Å²) >= 11 is 1.22. The summed E-state index contributed by atoms with van der Waals surface area (Å²) in [4.78, 5) is 19.4. The SMILES string of the molecule is Cc1ccc(NS(=O)(=O)c2cc(-c3noc(C(=O)N4CCOCC4)n3)sc2C)cc1. The predicted molar refractivity (Wildman–Crippen MR) is 111 cm³/mol. The molecule has 1 fully saturated rings. The Hall–Kier alpha value is -2.76. The van der Waals surface area contributed by atoms with Gasteiger partial charge in [-0.3, -0.25) is 9.52 Å². The van der Waals surface area contributed by atoms with Crippen LogP contribution in [0.15, 0.2) is 39.8 Å². The molecule has 158 valence electrons. The first-order chi connectivity index (χ1) is 14.3. The molecule has 9 nitrogen and oxygen atoms in total. The highest BCUT2D eigenvalue weighted by molar-refractivity contribution is 7.93. The second kappa shape index (κ2) is 8.17. The normalized spacial score (nSPS) is 14.7. The maximum Gasteiger partial charge on any atom is 0.316 e. The Kier molecular flexibility index (Phi) is 5.58. The maximum atomic E-state index is 12.8. The molecule has 2 aromatic heterocycles. The van der Waals surface area contributed by atoms with Gasteiger partial charge in [-0.25, -0.2) is 8.42 Å². The number of anilines is 1. The minimum absolute atomic E-state index is 0.125. The van der Waals surface area contributed by atoms with Crippen LogP contribution in [-0.4, -0.2) is 55.7 Å². The van der Waals surface area contributed by atoms with Crippen LogP contribution in [0.25, 0.3) is 10.7 Å². The van der Waals surface area contributed by atoms with Crippen LogP contribution in [0.3, 0.4) is 0 Å². The van der Waals surface area contributed by atoms with E-state index in [0.717, 1.165) is 5.56 Å². The van der Waals surface area contributed by atoms with Gasteiger partial charge in [-0.2, -0.15) is 4.98 Å². The van der Waals surface area contributed by atoms with Crippen LogP contribution in [0.5, 0.6) is 0 Å². The summed E-state index contributed by atoms with van der Waals surface area (Å²) in [5.41, 5.74) is 1.51. The lowest BCUT2D eigenvalue weighted by molar-refractivity contribution is 0.0272. The van der Waals surface area contributed by atoms with Crippen LogP contribution < -0.4 is 4.72 Å². The van der Waals surface area contributed by atoms with Crippen molar-refractivity contribution in [3.05, 3.63) is 46.7 Å². The molecule has 0 unspecified atom stereocenters. The second-order valence-corrected chi connectivity index (χ2v) is 9.74. The van der Waals surface area contributed by atoms with Gasteiger partial charge in [0, 0.05) is 23.7 Å². The van der Waals surface area contributed by atoms with Gasteiger partial charge in [0.05, 0.1) is 18.1 Å². The Morgan fingerprint density at radius 1 is 1.17 bits per heavy atom. The van der Waals surface area contributed by atoms with Crippen LogP contribution in [0.2, 0.25) is 0 Å². The number of thiophene rings is 1. The van der Waals surface area contributed by atoms with Gasteiger partial charge in [0.25, 0.3) is 10.0 Å². The van der Waals surface area contributed by atoms with Crippen molar-refractivity contribution in [1.82, 2.24) is 15.0 Å². The smallest absolute Gasteiger partial charge is 0.316 e. The molecule has 1 amide bonds. The number of nitrogens with zero attached hydrogens (tertiary/aromatic N) is 3. The number of hydrogen-bond donors (Lipinski definition) is 1. The summed E-state index contributed by atoms with van der Waals surface area (Å²) in [7, 11) is -3.79. The third-order valence-electron chi connectivity index (χ3n) is 4.59. The van der Waals surface area contributed by atoms with E-state index in [-0.39, 0.29) is 22.5 Å². The summed E-state index contributed by atoms with van der Waals surface area (Å²) in [6, 6.07) is 8.56. The fourth-order valence-electron chi connectivity index (χ4n) is 2.99. The first-order valence-electron chi connectivity index (χ1n) is 9.24. The average Bonchev–Trinajstić information content (AvgIpc) is 3.37. The van der Waals surface area contributed by atoms with Gasteiger partial charge >= 0.3 is 11.8 Å². The summed E-state index contributed by atoms with van der Waals surface area (Å²) in [5, 5.41) is 3.86. The third kappa shape index (κ3) is 4.23. The largest absolute Gasteiger partial charge is 0.378 e. The summed E-state index contributed by atoms with van der Waals surface area (Å²) in [6.07, 6.45) is 0. The molecule has 3 aromatic rings. The van der Waals surface area contributed by atoms with Gasteiger partial charge in [-0.15, -0.1) is 11.3 Å². The highest BCUT2D eigenvalue weighted by atomic mass is 32.2. The van der Waals surface area contributed by atoms with E-state index in [1.807, 2.05) is 19.1 Å². The topological polar surface area (TPSA) is 115 Å². The number of benzene rings is 1. The molecule has 1 aliphatic heterocycles. The number of amides is 1. The molecule has 4 rings (SSSR count). The van der Waals surface area contributed by atoms with Gasteiger partial charge in [0.2, 0.25) is 5.82 Å². The molecule has 3 heterocycles. The van der Waals surface area contributed by atoms with Crippen molar-refractivity contribution in [3.63, 3.8) is 0 Å². The van der Waals surface area contributed by atoms with Gasteiger partial charge in [-0.1, -0.05) is 22.9 Å². The zero-order valence-corrected chi connectivity index (χ0v) is 18.0. The summed E-state index contributed by atoms with van der Waals surface area (Å²) in [5.74, 6) is -0.309. The van der Waals surface area contributed by atoms with Crippen LogP contribution in [0, 0.1) is 13.8 Å². The molecule has 0 bridgehead atoms. The number of hydrogen-bond acceptors (Lipinski definition) is 8. The second-order valence-electron chi connectivity index (χ2n) is 6.83. The highest BCUT2D eigenvalue weighted by Crippen LogP contribution is 2.33. The number of aromatic nitrogens is 2. The van der Waals surface area contributed by atoms with E-state index in [4.69, 9.17) is 9.26 Å². The van der Waals surface area contributed by atoms with E-state index in [1.165, 1.54) is 17.4 Å². The van der Waals surface area contributed by atoms with Crippen molar-refractivity contribution in [1.29, 1.82) is 0 Å². The molecule has 0 spiro atoms. The lowest BCUT2D eigenvalue weighted by atomic mass is 10.2. The van der Waals surface area contributed by atoms with Gasteiger partial charge in [-0.05, 0) is 32.0 Å². The molecule has 1 N–H and O–H groups in total. The molecular formula is C19H20N4O5S2. The molecule has 0 aliphatic carbocycles. The fraction of sp³-hybridized carbons (Fsp3) is 0.316. The van der Waals surface area contributed by atoms with Crippen molar-refractivity contribution in [3.8, 4) is 10.7 Å². The molecule has 1 aliphatic rings. The van der Waals surface area contributed by atoms with Crippen LogP contribution in [-0.2, 0) is 14.8 Å². The molecule has 0 atom stereocenters. The molecule has 11 heteroatoms. The van der Waals surface area contributed by atoms with E-state index < -0.39 is 10.0 Å². The first kappa shape index (κ1) is 20.5. The molecule has 1 saturated heterocycles. The van der Waals surface area contributed by atoms with Crippen molar-refractivity contribution < 1.29 is 22.5 Å². The number of morpholine rings is 1. The lowest BCUT2D eigenvalue weighted by Gasteiger charge is -2.25. The van der Waals surface area contributed by atoms with Gasteiger partial charge in [0.15, 0.2) is 0 Å². The molecular weight excluding hydrogens is 428 g/mol. The third-order valence-corrected chi connectivity index (χ3v) is 7.28. The molecule has 0 radical (unpaired) electrons. The first-order valence-corrected chi connectivity index (χ1v) is 11.5. The maximum absolute atomic E-state index is 12.8.